The van der Waals surface area contributed by atoms with E-state index in [2.05, 4.69) is 18.3 Å². The summed E-state index contributed by atoms with van der Waals surface area (Å²) in [7, 11) is 0. The van der Waals surface area contributed by atoms with Gasteiger partial charge in [-0.3, -0.25) is 4.79 Å². The smallest absolute Gasteiger partial charge is 0.240 e. The molecule has 0 atom stereocenters. The summed E-state index contributed by atoms with van der Waals surface area (Å²) in [5.41, 5.74) is -0.778. The fourth-order valence-corrected chi connectivity index (χ4v) is 2.49. The molecule has 0 unspecified atom stereocenters. The third-order valence-corrected chi connectivity index (χ3v) is 3.49. The van der Waals surface area contributed by atoms with E-state index in [4.69, 9.17) is 10.4 Å². The molecule has 1 amide bonds. The Morgan fingerprint density at radius 3 is 2.53 bits per heavy atom. The topological polar surface area (TPSA) is 73.1 Å². The van der Waals surface area contributed by atoms with E-state index in [-0.39, 0.29) is 18.1 Å². The van der Waals surface area contributed by atoms with E-state index in [0.717, 1.165) is 0 Å². The third-order valence-electron chi connectivity index (χ3n) is 3.49. The maximum atomic E-state index is 11.8. The van der Waals surface area contributed by atoms with E-state index >= 15 is 0 Å². The first-order valence-electron chi connectivity index (χ1n) is 5.46. The van der Waals surface area contributed by atoms with Crippen molar-refractivity contribution in [3.8, 4) is 6.07 Å². The van der Waals surface area contributed by atoms with Crippen molar-refractivity contribution in [1.82, 2.24) is 5.32 Å². The van der Waals surface area contributed by atoms with Crippen LogP contribution in [0.15, 0.2) is 0 Å². The minimum Gasteiger partial charge on any atom is -0.393 e. The van der Waals surface area contributed by atoms with E-state index in [1.807, 2.05) is 0 Å². The molecule has 0 aliphatic heterocycles. The summed E-state index contributed by atoms with van der Waals surface area (Å²) in [6.07, 6.45) is 2.33. The minimum absolute atomic E-state index is 0.0774. The number of hydrogen-bond acceptors (Lipinski definition) is 3. The number of carbonyl (C=O) groups is 1. The van der Waals surface area contributed by atoms with Crippen LogP contribution in [0.5, 0.6) is 0 Å². The first-order valence-corrected chi connectivity index (χ1v) is 5.46. The second-order valence-electron chi connectivity index (χ2n) is 5.00. The molecule has 2 aliphatic carbocycles. The predicted octanol–water partition coefficient (Wildman–Crippen LogP) is 0.566. The van der Waals surface area contributed by atoms with Gasteiger partial charge in [0.25, 0.3) is 0 Å². The van der Waals surface area contributed by atoms with Crippen LogP contribution >= 0.6 is 0 Å². The second kappa shape index (κ2) is 3.49. The molecule has 0 aromatic carbocycles. The van der Waals surface area contributed by atoms with Crippen LogP contribution in [-0.2, 0) is 4.79 Å². The number of nitrogens with one attached hydrogen (secondary N) is 1. The number of nitriles is 1. The second-order valence-corrected chi connectivity index (χ2v) is 5.00. The highest BCUT2D eigenvalue weighted by molar-refractivity contribution is 5.86. The molecule has 4 nitrogen and oxygen atoms in total. The monoisotopic (exact) mass is 208 g/mol. The van der Waals surface area contributed by atoms with Crippen LogP contribution in [0.3, 0.4) is 0 Å². The van der Waals surface area contributed by atoms with Crippen LogP contribution < -0.4 is 5.32 Å². The number of amides is 1. The van der Waals surface area contributed by atoms with Crippen molar-refractivity contribution in [2.75, 3.05) is 0 Å². The molecule has 0 aromatic heterocycles. The molecular formula is C11H16N2O2. The van der Waals surface area contributed by atoms with Gasteiger partial charge in [0.1, 0.15) is 5.41 Å². The Morgan fingerprint density at radius 2 is 2.13 bits per heavy atom. The van der Waals surface area contributed by atoms with Crippen LogP contribution in [0, 0.1) is 22.7 Å². The molecule has 2 N–H and O–H groups in total. The van der Waals surface area contributed by atoms with Gasteiger partial charge in [0.15, 0.2) is 0 Å². The highest BCUT2D eigenvalue weighted by atomic mass is 16.3. The third kappa shape index (κ3) is 1.72. The number of hydrogen-bond donors (Lipinski definition) is 2. The molecule has 2 aliphatic rings. The Morgan fingerprint density at radius 1 is 1.53 bits per heavy atom. The van der Waals surface area contributed by atoms with Gasteiger partial charge in [-0.1, -0.05) is 6.92 Å². The van der Waals surface area contributed by atoms with Gasteiger partial charge in [0, 0.05) is 6.04 Å². The average molecular weight is 208 g/mol. The molecule has 2 saturated carbocycles. The molecule has 4 heteroatoms. The summed E-state index contributed by atoms with van der Waals surface area (Å²) in [5.74, 6) is 0.336. The Labute approximate surface area is 89.3 Å². The number of carbonyl (C=O) groups excluding carboxylic acids is 1. The van der Waals surface area contributed by atoms with Crippen LogP contribution in [-0.4, -0.2) is 23.2 Å². The fourth-order valence-electron chi connectivity index (χ4n) is 2.49. The standard InChI is InChI=1S/C11H16N2O2/c1-7-4-11(5-7,6-12)10(15)13-8-2-9(14)3-8/h7-9,14H,2-5H2,1H3,(H,13,15). The Balaban J connectivity index is 1.88. The molecule has 0 spiro atoms. The van der Waals surface area contributed by atoms with Crippen molar-refractivity contribution in [3.05, 3.63) is 0 Å². The highest BCUT2D eigenvalue weighted by Crippen LogP contribution is 2.45. The summed E-state index contributed by atoms with van der Waals surface area (Å²) in [4.78, 5) is 11.8. The molecule has 0 saturated heterocycles. The van der Waals surface area contributed by atoms with E-state index < -0.39 is 5.41 Å². The van der Waals surface area contributed by atoms with E-state index in [1.54, 1.807) is 0 Å². The summed E-state index contributed by atoms with van der Waals surface area (Å²) in [5, 5.41) is 20.9. The predicted molar refractivity (Wildman–Crippen MR) is 53.6 cm³/mol. The van der Waals surface area contributed by atoms with Gasteiger partial charge in [-0.25, -0.2) is 0 Å². The van der Waals surface area contributed by atoms with Gasteiger partial charge in [-0.05, 0) is 31.6 Å². The molecule has 2 rings (SSSR count). The highest BCUT2D eigenvalue weighted by Gasteiger charge is 2.49. The molecule has 0 aromatic rings. The zero-order valence-corrected chi connectivity index (χ0v) is 8.86. The zero-order chi connectivity index (χ0) is 11.1. The number of aliphatic hydroxyl groups is 1. The maximum Gasteiger partial charge on any atom is 0.240 e. The van der Waals surface area contributed by atoms with E-state index in [0.29, 0.717) is 31.6 Å². The number of rotatable bonds is 2. The lowest BCUT2D eigenvalue weighted by atomic mass is 9.63. The normalized spacial score (nSPS) is 43.4. The molecule has 15 heavy (non-hydrogen) atoms. The molecular weight excluding hydrogens is 192 g/mol. The van der Waals surface area contributed by atoms with Crippen molar-refractivity contribution in [2.24, 2.45) is 11.3 Å². The van der Waals surface area contributed by atoms with E-state index in [1.165, 1.54) is 0 Å². The average Bonchev–Trinajstić information content (AvgIpc) is 2.09. The first kappa shape index (κ1) is 10.4. The van der Waals surface area contributed by atoms with Gasteiger partial charge in [-0.2, -0.15) is 5.26 Å². The SMILES string of the molecule is CC1CC(C#N)(C(=O)NC2CC(O)C2)C1. The van der Waals surface area contributed by atoms with Crippen LogP contribution in [0.2, 0.25) is 0 Å². The van der Waals surface area contributed by atoms with E-state index in [9.17, 15) is 4.79 Å². The van der Waals surface area contributed by atoms with Gasteiger partial charge in [0.05, 0.1) is 12.2 Å². The molecule has 0 bridgehead atoms. The van der Waals surface area contributed by atoms with Gasteiger partial charge >= 0.3 is 0 Å². The van der Waals surface area contributed by atoms with Gasteiger partial charge < -0.3 is 10.4 Å². The summed E-state index contributed by atoms with van der Waals surface area (Å²) >= 11 is 0. The molecule has 0 radical (unpaired) electrons. The van der Waals surface area contributed by atoms with Crippen molar-refractivity contribution >= 4 is 5.91 Å². The number of nitrogens with zero attached hydrogens (tertiary/aromatic N) is 1. The van der Waals surface area contributed by atoms with Crippen LogP contribution in [0.25, 0.3) is 0 Å². The summed E-state index contributed by atoms with van der Waals surface area (Å²) in [6, 6.07) is 2.21. The van der Waals surface area contributed by atoms with Crippen molar-refractivity contribution in [2.45, 2.75) is 44.8 Å². The maximum absolute atomic E-state index is 11.8. The van der Waals surface area contributed by atoms with Crippen molar-refractivity contribution in [3.63, 3.8) is 0 Å². The van der Waals surface area contributed by atoms with Gasteiger partial charge in [0.2, 0.25) is 5.91 Å². The lowest BCUT2D eigenvalue weighted by Gasteiger charge is -2.42. The first-order chi connectivity index (χ1) is 7.05. The Kier molecular flexibility index (Phi) is 2.43. The number of aliphatic hydroxyl groups excluding tert-OH is 1. The zero-order valence-electron chi connectivity index (χ0n) is 8.86. The quantitative estimate of drug-likeness (QED) is 0.696. The lowest BCUT2D eigenvalue weighted by Crippen LogP contribution is -2.54. The lowest BCUT2D eigenvalue weighted by molar-refractivity contribution is -0.136. The fraction of sp³-hybridized carbons (Fsp3) is 0.818. The van der Waals surface area contributed by atoms with Crippen LogP contribution in [0.4, 0.5) is 0 Å². The van der Waals surface area contributed by atoms with Crippen molar-refractivity contribution < 1.29 is 9.90 Å². The van der Waals surface area contributed by atoms with Crippen LogP contribution in [0.1, 0.15) is 32.6 Å². The largest absolute Gasteiger partial charge is 0.393 e. The Hall–Kier alpha value is -1.08. The summed E-state index contributed by atoms with van der Waals surface area (Å²) in [6.45, 7) is 2.05. The van der Waals surface area contributed by atoms with Crippen molar-refractivity contribution in [1.29, 1.82) is 5.26 Å². The molecule has 0 heterocycles. The Bertz CT molecular complexity index is 309. The molecule has 82 valence electrons. The summed E-state index contributed by atoms with van der Waals surface area (Å²) < 4.78 is 0. The molecule has 2 fully saturated rings. The minimum atomic E-state index is -0.778. The van der Waals surface area contributed by atoms with Gasteiger partial charge in [-0.15, -0.1) is 0 Å².